The average Bonchev–Trinajstić information content (AvgIpc) is 3.18. The Bertz CT molecular complexity index is 1650. The largest absolute Gasteiger partial charge is 0.480 e. The molecule has 0 radical (unpaired) electrons. The van der Waals surface area contributed by atoms with E-state index < -0.39 is 0 Å². The minimum absolute atomic E-state index is 0.0140. The number of nitrogens with one attached hydrogen (secondary N) is 1. The Labute approximate surface area is 212 Å². The maximum atomic E-state index is 13.4. The number of aryl methyl sites for hydroxylation is 2. The van der Waals surface area contributed by atoms with Crippen LogP contribution in [0.2, 0.25) is 0 Å². The number of ether oxygens (including phenoxy) is 1. The van der Waals surface area contributed by atoms with Crippen molar-refractivity contribution in [3.63, 3.8) is 0 Å². The summed E-state index contributed by atoms with van der Waals surface area (Å²) >= 11 is 0. The summed E-state index contributed by atoms with van der Waals surface area (Å²) in [4.78, 5) is 41.6. The third kappa shape index (κ3) is 3.67. The first-order valence-corrected chi connectivity index (χ1v) is 12.6. The van der Waals surface area contributed by atoms with Crippen LogP contribution in [-0.2, 0) is 24.2 Å². The van der Waals surface area contributed by atoms with Gasteiger partial charge in [0.15, 0.2) is 29.6 Å². The van der Waals surface area contributed by atoms with Gasteiger partial charge in [-0.15, -0.1) is 0 Å². The van der Waals surface area contributed by atoms with E-state index in [2.05, 4.69) is 22.4 Å². The van der Waals surface area contributed by atoms with E-state index in [0.29, 0.717) is 53.9 Å². The van der Waals surface area contributed by atoms with Crippen molar-refractivity contribution in [2.75, 3.05) is 23.4 Å². The molecule has 7 rings (SSSR count). The molecular weight excluding hydrogens is 470 g/mol. The van der Waals surface area contributed by atoms with Crippen LogP contribution in [0.3, 0.4) is 0 Å². The number of pyridine rings is 1. The Hall–Kier alpha value is -4.47. The number of carbonyl (C=O) groups is 1. The maximum absolute atomic E-state index is 13.4. The van der Waals surface area contributed by atoms with Crippen LogP contribution in [0.15, 0.2) is 53.5 Å². The van der Waals surface area contributed by atoms with Crippen molar-refractivity contribution in [1.82, 2.24) is 24.3 Å². The van der Waals surface area contributed by atoms with Gasteiger partial charge in [-0.3, -0.25) is 14.5 Å². The molecule has 186 valence electrons. The Balaban J connectivity index is 1.36. The lowest BCUT2D eigenvalue weighted by atomic mass is 9.91. The molecule has 0 spiro atoms. The zero-order valence-electron chi connectivity index (χ0n) is 20.2. The molecule has 1 aliphatic carbocycles. The molecular formula is C27H25N7O3. The highest BCUT2D eigenvalue weighted by Crippen LogP contribution is 2.32. The number of carbonyl (C=O) groups excluding carboxylic acids is 1. The molecule has 0 atom stereocenters. The molecule has 0 fully saturated rings. The smallest absolute Gasteiger partial charge is 0.278 e. The monoisotopic (exact) mass is 495 g/mol. The number of rotatable bonds is 2. The summed E-state index contributed by atoms with van der Waals surface area (Å²) in [6.07, 6.45) is 10.7. The van der Waals surface area contributed by atoms with Crippen LogP contribution in [0.1, 0.15) is 30.4 Å². The third-order valence-corrected chi connectivity index (χ3v) is 7.19. The van der Waals surface area contributed by atoms with Gasteiger partial charge in [-0.2, -0.15) is 4.98 Å². The minimum Gasteiger partial charge on any atom is -0.480 e. The van der Waals surface area contributed by atoms with E-state index in [4.69, 9.17) is 14.7 Å². The van der Waals surface area contributed by atoms with Gasteiger partial charge in [0.25, 0.3) is 11.5 Å². The van der Waals surface area contributed by atoms with Crippen molar-refractivity contribution in [2.45, 2.75) is 38.6 Å². The van der Waals surface area contributed by atoms with Crippen LogP contribution in [0.25, 0.3) is 16.9 Å². The molecule has 3 aromatic heterocycles. The van der Waals surface area contributed by atoms with Gasteiger partial charge in [-0.05, 0) is 67.5 Å². The van der Waals surface area contributed by atoms with Gasteiger partial charge in [0.2, 0.25) is 5.95 Å². The summed E-state index contributed by atoms with van der Waals surface area (Å²) in [6, 6.07) is 9.95. The van der Waals surface area contributed by atoms with E-state index in [1.54, 1.807) is 32.6 Å². The Morgan fingerprint density at radius 2 is 1.86 bits per heavy atom. The first-order chi connectivity index (χ1) is 18.2. The molecule has 1 aromatic carbocycles. The van der Waals surface area contributed by atoms with Crippen LogP contribution in [0.5, 0.6) is 5.75 Å². The molecule has 0 saturated heterocycles. The van der Waals surface area contributed by atoms with Crippen LogP contribution >= 0.6 is 0 Å². The molecule has 37 heavy (non-hydrogen) atoms. The maximum Gasteiger partial charge on any atom is 0.278 e. The zero-order valence-corrected chi connectivity index (χ0v) is 20.2. The highest BCUT2D eigenvalue weighted by molar-refractivity contribution is 5.96. The molecule has 0 unspecified atom stereocenters. The molecule has 1 N–H and O–H groups in total. The summed E-state index contributed by atoms with van der Waals surface area (Å²) in [7, 11) is 0. The first-order valence-electron chi connectivity index (χ1n) is 12.6. The second kappa shape index (κ2) is 8.58. The van der Waals surface area contributed by atoms with Crippen LogP contribution in [-0.4, -0.2) is 43.4 Å². The lowest BCUT2D eigenvalue weighted by Gasteiger charge is -2.28. The second-order valence-electron chi connectivity index (χ2n) is 9.53. The van der Waals surface area contributed by atoms with Crippen LogP contribution in [0.4, 0.5) is 17.5 Å². The lowest BCUT2D eigenvalue weighted by molar-refractivity contribution is -0.121. The topological polar surface area (TPSA) is 107 Å². The summed E-state index contributed by atoms with van der Waals surface area (Å²) in [5, 5.41) is 3.71. The summed E-state index contributed by atoms with van der Waals surface area (Å²) in [5.74, 6) is 1.72. The number of aromatic nitrogens is 5. The Kier molecular flexibility index (Phi) is 5.05. The molecule has 10 heteroatoms. The van der Waals surface area contributed by atoms with Gasteiger partial charge in [-0.25, -0.2) is 19.3 Å². The van der Waals surface area contributed by atoms with E-state index in [1.807, 2.05) is 18.2 Å². The van der Waals surface area contributed by atoms with Gasteiger partial charge in [-0.1, -0.05) is 18.2 Å². The van der Waals surface area contributed by atoms with Crippen molar-refractivity contribution in [3.05, 3.63) is 70.2 Å². The number of hydrogen-bond acceptors (Lipinski definition) is 7. The van der Waals surface area contributed by atoms with Gasteiger partial charge < -0.3 is 10.1 Å². The summed E-state index contributed by atoms with van der Waals surface area (Å²) < 4.78 is 8.91. The third-order valence-electron chi connectivity index (χ3n) is 7.19. The highest BCUT2D eigenvalue weighted by Gasteiger charge is 2.28. The molecule has 1 amide bonds. The second-order valence-corrected chi connectivity index (χ2v) is 9.53. The predicted octanol–water partition coefficient (Wildman–Crippen LogP) is 3.28. The SMILES string of the molecule is O=C1COc2ccc3nc2N1CCC=CCn1c(=O)c2cnc(Nc4ccc5c(c4)CCCC5)nc2n1-3. The molecule has 4 aromatic rings. The molecule has 5 heterocycles. The highest BCUT2D eigenvalue weighted by atomic mass is 16.5. The molecule has 2 aliphatic heterocycles. The molecule has 10 nitrogen and oxygen atoms in total. The normalized spacial score (nSPS) is 16.5. The molecule has 2 bridgehead atoms. The number of benzene rings is 1. The van der Waals surface area contributed by atoms with Gasteiger partial charge in [0, 0.05) is 18.4 Å². The minimum atomic E-state index is -0.206. The van der Waals surface area contributed by atoms with Crippen molar-refractivity contribution >= 4 is 34.4 Å². The Morgan fingerprint density at radius 1 is 0.973 bits per heavy atom. The standard InChI is InChI=1S/C27H25N7O3/c35-23-16-37-21-10-11-22-30-25(21)32(23)12-4-1-5-13-33-26(36)20-15-28-27(31-24(20)34(22)33)29-19-9-8-17-6-2-3-7-18(17)14-19/h1,5,8-11,14-15H,2-4,6-7,12-13,16H2,(H,28,29,31). The van der Waals surface area contributed by atoms with Crippen LogP contribution < -0.4 is 20.5 Å². The zero-order chi connectivity index (χ0) is 24.9. The quantitative estimate of drug-likeness (QED) is 0.425. The van der Waals surface area contributed by atoms with Gasteiger partial charge in [0.05, 0.1) is 6.54 Å². The van der Waals surface area contributed by atoms with E-state index in [0.717, 1.165) is 18.5 Å². The lowest BCUT2D eigenvalue weighted by Crippen LogP contribution is -2.40. The first kappa shape index (κ1) is 21.8. The van der Waals surface area contributed by atoms with Crippen molar-refractivity contribution in [3.8, 4) is 11.6 Å². The predicted molar refractivity (Wildman–Crippen MR) is 139 cm³/mol. The van der Waals surface area contributed by atoms with Gasteiger partial charge >= 0.3 is 0 Å². The van der Waals surface area contributed by atoms with E-state index >= 15 is 0 Å². The molecule has 3 aliphatic rings. The Morgan fingerprint density at radius 3 is 2.78 bits per heavy atom. The number of fused-ring (bicyclic) bond motifs is 6. The van der Waals surface area contributed by atoms with Crippen molar-refractivity contribution in [1.29, 1.82) is 0 Å². The fraction of sp³-hybridized carbons (Fsp3) is 0.296. The number of nitrogens with zero attached hydrogens (tertiary/aromatic N) is 6. The van der Waals surface area contributed by atoms with E-state index in [9.17, 15) is 9.59 Å². The van der Waals surface area contributed by atoms with Gasteiger partial charge in [0.1, 0.15) is 5.39 Å². The van der Waals surface area contributed by atoms with Crippen molar-refractivity contribution < 1.29 is 9.53 Å². The summed E-state index contributed by atoms with van der Waals surface area (Å²) in [6.45, 7) is 0.815. The van der Waals surface area contributed by atoms with E-state index in [1.165, 1.54) is 24.0 Å². The van der Waals surface area contributed by atoms with Crippen LogP contribution in [0, 0.1) is 0 Å². The van der Waals surface area contributed by atoms with Crippen molar-refractivity contribution in [2.24, 2.45) is 0 Å². The fourth-order valence-electron chi connectivity index (χ4n) is 5.34. The number of anilines is 3. The number of amides is 1. The fourth-order valence-corrected chi connectivity index (χ4v) is 5.34. The number of hydrogen-bond donors (Lipinski definition) is 1. The average molecular weight is 496 g/mol. The van der Waals surface area contributed by atoms with E-state index in [-0.39, 0.29) is 18.1 Å². The number of allylic oxidation sites excluding steroid dienone is 1. The molecule has 0 saturated carbocycles. The summed E-state index contributed by atoms with van der Waals surface area (Å²) in [5.41, 5.74) is 3.91.